The van der Waals surface area contributed by atoms with Crippen LogP contribution in [-0.4, -0.2) is 26.3 Å². The van der Waals surface area contributed by atoms with Crippen LogP contribution in [0, 0.1) is 17.8 Å². The molecule has 2 nitrogen and oxygen atoms in total. The lowest BCUT2D eigenvalue weighted by molar-refractivity contribution is 0.0126. The normalized spacial score (nSPS) is 41.8. The van der Waals surface area contributed by atoms with Gasteiger partial charge in [0.15, 0.2) is 0 Å². The summed E-state index contributed by atoms with van der Waals surface area (Å²) in [5.41, 5.74) is 0. The van der Waals surface area contributed by atoms with Gasteiger partial charge in [-0.2, -0.15) is 0 Å². The Balaban J connectivity index is 1.88. The molecule has 2 rings (SSSR count). The second kappa shape index (κ2) is 4.43. The zero-order chi connectivity index (χ0) is 9.10. The smallest absolute Gasteiger partial charge is 0.0497 e. The first-order chi connectivity index (χ1) is 6.38. The van der Waals surface area contributed by atoms with Gasteiger partial charge < -0.3 is 10.1 Å². The zero-order valence-corrected chi connectivity index (χ0v) is 8.59. The SMILES string of the molecule is CC1CCNCC1C1CCCOC1. The Labute approximate surface area is 81.0 Å². The van der Waals surface area contributed by atoms with Gasteiger partial charge in [-0.1, -0.05) is 6.92 Å². The molecule has 0 aliphatic carbocycles. The van der Waals surface area contributed by atoms with Crippen molar-refractivity contribution in [3.8, 4) is 0 Å². The highest BCUT2D eigenvalue weighted by Gasteiger charge is 2.30. The average molecular weight is 183 g/mol. The Bertz CT molecular complexity index is 154. The molecule has 0 aromatic rings. The third-order valence-corrected chi connectivity index (χ3v) is 3.69. The molecule has 0 saturated carbocycles. The number of ether oxygens (including phenoxy) is 1. The van der Waals surface area contributed by atoms with E-state index in [2.05, 4.69) is 12.2 Å². The van der Waals surface area contributed by atoms with Gasteiger partial charge in [-0.25, -0.2) is 0 Å². The van der Waals surface area contributed by atoms with E-state index in [1.54, 1.807) is 0 Å². The second-order valence-electron chi connectivity index (χ2n) is 4.61. The molecule has 3 unspecified atom stereocenters. The van der Waals surface area contributed by atoms with Crippen molar-refractivity contribution in [3.05, 3.63) is 0 Å². The number of hydrogen-bond donors (Lipinski definition) is 1. The highest BCUT2D eigenvalue weighted by molar-refractivity contribution is 4.82. The first kappa shape index (κ1) is 9.47. The predicted molar refractivity (Wildman–Crippen MR) is 53.7 cm³/mol. The van der Waals surface area contributed by atoms with E-state index in [4.69, 9.17) is 4.74 Å². The lowest BCUT2D eigenvalue weighted by Crippen LogP contribution is -2.41. The zero-order valence-electron chi connectivity index (χ0n) is 8.59. The van der Waals surface area contributed by atoms with Crippen molar-refractivity contribution in [1.29, 1.82) is 0 Å². The topological polar surface area (TPSA) is 21.3 Å². The molecule has 2 saturated heterocycles. The van der Waals surface area contributed by atoms with E-state index in [0.717, 1.165) is 31.0 Å². The van der Waals surface area contributed by atoms with Gasteiger partial charge >= 0.3 is 0 Å². The fourth-order valence-electron chi connectivity index (χ4n) is 2.75. The summed E-state index contributed by atoms with van der Waals surface area (Å²) >= 11 is 0. The molecule has 0 aromatic heterocycles. The quantitative estimate of drug-likeness (QED) is 0.667. The molecule has 13 heavy (non-hydrogen) atoms. The summed E-state index contributed by atoms with van der Waals surface area (Å²) in [5, 5.41) is 3.51. The molecule has 2 fully saturated rings. The molecule has 1 N–H and O–H groups in total. The number of piperidine rings is 1. The molecule has 2 aliphatic rings. The minimum Gasteiger partial charge on any atom is -0.381 e. The van der Waals surface area contributed by atoms with Gasteiger partial charge in [0.05, 0.1) is 0 Å². The van der Waals surface area contributed by atoms with Crippen LogP contribution >= 0.6 is 0 Å². The maximum absolute atomic E-state index is 5.56. The molecule has 2 heteroatoms. The molecule has 2 heterocycles. The fourth-order valence-corrected chi connectivity index (χ4v) is 2.75. The maximum Gasteiger partial charge on any atom is 0.0497 e. The second-order valence-corrected chi connectivity index (χ2v) is 4.61. The molecule has 0 spiro atoms. The highest BCUT2D eigenvalue weighted by Crippen LogP contribution is 2.31. The monoisotopic (exact) mass is 183 g/mol. The van der Waals surface area contributed by atoms with E-state index in [1.165, 1.54) is 32.4 Å². The summed E-state index contributed by atoms with van der Waals surface area (Å²) in [4.78, 5) is 0. The highest BCUT2D eigenvalue weighted by atomic mass is 16.5. The van der Waals surface area contributed by atoms with Gasteiger partial charge in [-0.15, -0.1) is 0 Å². The van der Waals surface area contributed by atoms with Crippen molar-refractivity contribution in [2.75, 3.05) is 26.3 Å². The van der Waals surface area contributed by atoms with Crippen LogP contribution in [0.25, 0.3) is 0 Å². The summed E-state index contributed by atoms with van der Waals surface area (Å²) in [5.74, 6) is 2.60. The van der Waals surface area contributed by atoms with Crippen molar-refractivity contribution in [2.24, 2.45) is 17.8 Å². The van der Waals surface area contributed by atoms with Crippen LogP contribution in [0.3, 0.4) is 0 Å². The largest absolute Gasteiger partial charge is 0.381 e. The summed E-state index contributed by atoms with van der Waals surface area (Å²) in [7, 11) is 0. The van der Waals surface area contributed by atoms with Crippen LogP contribution < -0.4 is 5.32 Å². The van der Waals surface area contributed by atoms with E-state index in [9.17, 15) is 0 Å². The first-order valence-corrected chi connectivity index (χ1v) is 5.66. The van der Waals surface area contributed by atoms with Gasteiger partial charge in [-0.05, 0) is 50.1 Å². The van der Waals surface area contributed by atoms with Crippen LogP contribution in [0.4, 0.5) is 0 Å². The molecular formula is C11H21NO. The minimum atomic E-state index is 0.830. The lowest BCUT2D eigenvalue weighted by Gasteiger charge is -2.37. The summed E-state index contributed by atoms with van der Waals surface area (Å²) in [6.07, 6.45) is 4.01. The number of rotatable bonds is 1. The van der Waals surface area contributed by atoms with Crippen molar-refractivity contribution >= 4 is 0 Å². The van der Waals surface area contributed by atoms with E-state index >= 15 is 0 Å². The number of hydrogen-bond acceptors (Lipinski definition) is 2. The van der Waals surface area contributed by atoms with Crippen LogP contribution in [0.2, 0.25) is 0 Å². The Morgan fingerprint density at radius 3 is 2.92 bits per heavy atom. The summed E-state index contributed by atoms with van der Waals surface area (Å²) in [6.45, 7) is 6.84. The van der Waals surface area contributed by atoms with Gasteiger partial charge in [-0.3, -0.25) is 0 Å². The van der Waals surface area contributed by atoms with E-state index in [0.29, 0.717) is 0 Å². The van der Waals surface area contributed by atoms with Gasteiger partial charge in [0.1, 0.15) is 0 Å². The molecular weight excluding hydrogens is 162 g/mol. The Kier molecular flexibility index (Phi) is 3.23. The molecule has 0 amide bonds. The Morgan fingerprint density at radius 1 is 1.31 bits per heavy atom. The van der Waals surface area contributed by atoms with Gasteiger partial charge in [0.25, 0.3) is 0 Å². The van der Waals surface area contributed by atoms with Gasteiger partial charge in [0.2, 0.25) is 0 Å². The van der Waals surface area contributed by atoms with Crippen molar-refractivity contribution in [2.45, 2.75) is 26.2 Å². The third kappa shape index (κ3) is 2.23. The number of nitrogens with one attached hydrogen (secondary N) is 1. The molecule has 3 atom stereocenters. The van der Waals surface area contributed by atoms with Crippen LogP contribution in [0.1, 0.15) is 26.2 Å². The predicted octanol–water partition coefficient (Wildman–Crippen LogP) is 1.66. The third-order valence-electron chi connectivity index (χ3n) is 3.69. The van der Waals surface area contributed by atoms with Crippen molar-refractivity contribution in [1.82, 2.24) is 5.32 Å². The van der Waals surface area contributed by atoms with Crippen LogP contribution in [0.15, 0.2) is 0 Å². The van der Waals surface area contributed by atoms with E-state index < -0.39 is 0 Å². The molecule has 0 radical (unpaired) electrons. The summed E-state index contributed by atoms with van der Waals surface area (Å²) in [6, 6.07) is 0. The van der Waals surface area contributed by atoms with Crippen molar-refractivity contribution in [3.63, 3.8) is 0 Å². The maximum atomic E-state index is 5.56. The average Bonchev–Trinajstić information content (AvgIpc) is 2.20. The minimum absolute atomic E-state index is 0.830. The first-order valence-electron chi connectivity index (χ1n) is 5.66. The van der Waals surface area contributed by atoms with E-state index in [1.807, 2.05) is 0 Å². The Hall–Kier alpha value is -0.0800. The standard InChI is InChI=1S/C11H21NO/c1-9-4-5-12-7-11(9)10-3-2-6-13-8-10/h9-12H,2-8H2,1H3. The van der Waals surface area contributed by atoms with Crippen molar-refractivity contribution < 1.29 is 4.74 Å². The van der Waals surface area contributed by atoms with E-state index in [-0.39, 0.29) is 0 Å². The fraction of sp³-hybridized carbons (Fsp3) is 1.00. The molecule has 76 valence electrons. The summed E-state index contributed by atoms with van der Waals surface area (Å²) < 4.78 is 5.56. The van der Waals surface area contributed by atoms with Crippen LogP contribution in [0.5, 0.6) is 0 Å². The van der Waals surface area contributed by atoms with Crippen LogP contribution in [-0.2, 0) is 4.74 Å². The molecule has 0 bridgehead atoms. The Morgan fingerprint density at radius 2 is 2.23 bits per heavy atom. The molecule has 0 aromatic carbocycles. The molecule has 2 aliphatic heterocycles. The van der Waals surface area contributed by atoms with Gasteiger partial charge in [0, 0.05) is 13.2 Å². The lowest BCUT2D eigenvalue weighted by atomic mass is 9.76.